The van der Waals surface area contributed by atoms with Crippen molar-refractivity contribution in [2.45, 2.75) is 13.3 Å². The van der Waals surface area contributed by atoms with Crippen molar-refractivity contribution in [2.75, 3.05) is 13.7 Å². The van der Waals surface area contributed by atoms with Crippen LogP contribution in [0.1, 0.15) is 29.5 Å². The predicted molar refractivity (Wildman–Crippen MR) is 58.4 cm³/mol. The van der Waals surface area contributed by atoms with Gasteiger partial charge in [-0.1, -0.05) is 0 Å². The number of methoxy groups -OCH3 is 1. The lowest BCUT2D eigenvalue weighted by molar-refractivity contribution is -0.386. The number of hydrogen-bond acceptors (Lipinski definition) is 6. The van der Waals surface area contributed by atoms with E-state index >= 15 is 0 Å². The first kappa shape index (κ1) is 14.7. The maximum absolute atomic E-state index is 12.8. The minimum atomic E-state index is -3.12. The Morgan fingerprint density at radius 2 is 2.21 bits per heavy atom. The second-order valence-corrected chi connectivity index (χ2v) is 3.22. The molecule has 9 heteroatoms. The van der Waals surface area contributed by atoms with Gasteiger partial charge in [0, 0.05) is 0 Å². The highest BCUT2D eigenvalue weighted by atomic mass is 19.3. The van der Waals surface area contributed by atoms with Crippen LogP contribution in [0.15, 0.2) is 6.07 Å². The zero-order valence-corrected chi connectivity index (χ0v) is 10.1. The standard InChI is InChI=1S/C10H10F2N2O5/c1-3-19-10(15)5-4-6(14(16)17)8(18-2)7(13-5)9(11)12/h4,9H,3H2,1-2H3. The summed E-state index contributed by atoms with van der Waals surface area (Å²) in [6, 6.07) is 0.739. The van der Waals surface area contributed by atoms with Crippen LogP contribution in [0, 0.1) is 10.1 Å². The first-order chi connectivity index (χ1) is 8.92. The quantitative estimate of drug-likeness (QED) is 0.464. The molecule has 0 saturated carbocycles. The van der Waals surface area contributed by atoms with E-state index in [4.69, 9.17) is 0 Å². The van der Waals surface area contributed by atoms with Crippen LogP contribution in [-0.4, -0.2) is 29.6 Å². The first-order valence-corrected chi connectivity index (χ1v) is 5.10. The number of aromatic nitrogens is 1. The van der Waals surface area contributed by atoms with Crippen LogP contribution >= 0.6 is 0 Å². The summed E-state index contributed by atoms with van der Waals surface area (Å²) in [5.74, 6) is -1.69. The SMILES string of the molecule is CCOC(=O)c1cc([N+](=O)[O-])c(OC)c(C(F)F)n1. The van der Waals surface area contributed by atoms with Crippen molar-refractivity contribution in [2.24, 2.45) is 0 Å². The molecule has 0 aliphatic heterocycles. The molecule has 0 fully saturated rings. The minimum absolute atomic E-state index is 0.00957. The van der Waals surface area contributed by atoms with E-state index in [-0.39, 0.29) is 6.61 Å². The fraction of sp³-hybridized carbons (Fsp3) is 0.400. The normalized spacial score (nSPS) is 10.4. The molecule has 1 aromatic heterocycles. The molecule has 0 radical (unpaired) electrons. The lowest BCUT2D eigenvalue weighted by Gasteiger charge is -2.09. The summed E-state index contributed by atoms with van der Waals surface area (Å²) in [7, 11) is 1.000. The molecule has 1 aromatic rings. The molecule has 0 N–H and O–H groups in total. The molecule has 0 amide bonds. The van der Waals surface area contributed by atoms with Crippen molar-refractivity contribution in [1.82, 2.24) is 4.98 Å². The maximum atomic E-state index is 12.8. The van der Waals surface area contributed by atoms with Crippen molar-refractivity contribution in [3.05, 3.63) is 27.6 Å². The van der Waals surface area contributed by atoms with Crippen LogP contribution in [0.25, 0.3) is 0 Å². The van der Waals surface area contributed by atoms with Crippen molar-refractivity contribution in [3.8, 4) is 5.75 Å². The third kappa shape index (κ3) is 3.12. The molecule has 0 aliphatic rings. The second kappa shape index (κ2) is 6.03. The molecule has 0 aliphatic carbocycles. The van der Waals surface area contributed by atoms with Crippen molar-refractivity contribution < 1.29 is 28.0 Å². The Balaban J connectivity index is 3.45. The third-order valence-electron chi connectivity index (χ3n) is 2.07. The van der Waals surface area contributed by atoms with Gasteiger partial charge in [0.1, 0.15) is 0 Å². The number of nitrogens with zero attached hydrogens (tertiary/aromatic N) is 2. The Morgan fingerprint density at radius 1 is 1.58 bits per heavy atom. The molecule has 0 unspecified atom stereocenters. The molecule has 7 nitrogen and oxygen atoms in total. The van der Waals surface area contributed by atoms with Crippen molar-refractivity contribution in [1.29, 1.82) is 0 Å². The van der Waals surface area contributed by atoms with E-state index in [0.717, 1.165) is 13.2 Å². The number of carbonyl (C=O) groups excluding carboxylic acids is 1. The zero-order valence-electron chi connectivity index (χ0n) is 10.1. The number of alkyl halides is 2. The van der Waals surface area contributed by atoms with Crippen LogP contribution in [-0.2, 0) is 4.74 Å². The smallest absolute Gasteiger partial charge is 0.357 e. The van der Waals surface area contributed by atoms with E-state index in [1.165, 1.54) is 6.92 Å². The number of halogens is 2. The van der Waals surface area contributed by atoms with Gasteiger partial charge >= 0.3 is 11.7 Å². The van der Waals surface area contributed by atoms with Crippen LogP contribution in [0.2, 0.25) is 0 Å². The average molecular weight is 276 g/mol. The van der Waals surface area contributed by atoms with Gasteiger partial charge in [-0.25, -0.2) is 18.6 Å². The summed E-state index contributed by atoms with van der Waals surface area (Å²) >= 11 is 0. The van der Waals surface area contributed by atoms with E-state index in [1.54, 1.807) is 0 Å². The fourth-order valence-electron chi connectivity index (χ4n) is 1.34. The van der Waals surface area contributed by atoms with Gasteiger partial charge in [-0.3, -0.25) is 10.1 Å². The number of hydrogen-bond donors (Lipinski definition) is 0. The number of pyridine rings is 1. The van der Waals surface area contributed by atoms with Crippen molar-refractivity contribution >= 4 is 11.7 Å². The Kier molecular flexibility index (Phi) is 4.67. The summed E-state index contributed by atoms with van der Waals surface area (Å²) in [4.78, 5) is 24.6. The molecular formula is C10H10F2N2O5. The van der Waals surface area contributed by atoms with Crippen molar-refractivity contribution in [3.63, 3.8) is 0 Å². The predicted octanol–water partition coefficient (Wildman–Crippen LogP) is 2.11. The molecule has 1 heterocycles. The highest BCUT2D eigenvalue weighted by molar-refractivity contribution is 5.88. The molecule has 1 rings (SSSR count). The number of carbonyl (C=O) groups is 1. The zero-order chi connectivity index (χ0) is 14.6. The van der Waals surface area contributed by atoms with Gasteiger partial charge in [-0.2, -0.15) is 0 Å². The summed E-state index contributed by atoms with van der Waals surface area (Å²) in [5.41, 5.74) is -2.31. The highest BCUT2D eigenvalue weighted by Gasteiger charge is 2.29. The largest absolute Gasteiger partial charge is 0.489 e. The number of ether oxygens (including phenoxy) is 2. The molecule has 0 bridgehead atoms. The summed E-state index contributed by atoms with van der Waals surface area (Å²) in [6.45, 7) is 1.49. The molecule has 0 aromatic carbocycles. The molecule has 0 atom stereocenters. The van der Waals surface area contributed by atoms with E-state index in [9.17, 15) is 23.7 Å². The summed E-state index contributed by atoms with van der Waals surface area (Å²) in [6.07, 6.45) is -3.12. The van der Waals surface area contributed by atoms with Crippen LogP contribution in [0.3, 0.4) is 0 Å². The Labute approximate surface area is 106 Å². The van der Waals surface area contributed by atoms with Gasteiger partial charge in [0.15, 0.2) is 11.4 Å². The van der Waals surface area contributed by atoms with Gasteiger partial charge in [-0.15, -0.1) is 0 Å². The monoisotopic (exact) mass is 276 g/mol. The molecule has 0 saturated heterocycles. The summed E-state index contributed by atoms with van der Waals surface area (Å²) in [5, 5.41) is 10.8. The minimum Gasteiger partial charge on any atom is -0.489 e. The highest BCUT2D eigenvalue weighted by Crippen LogP contribution is 2.35. The lowest BCUT2D eigenvalue weighted by Crippen LogP contribution is -2.11. The summed E-state index contributed by atoms with van der Waals surface area (Å²) < 4.78 is 34.7. The second-order valence-electron chi connectivity index (χ2n) is 3.22. The Morgan fingerprint density at radius 3 is 2.63 bits per heavy atom. The van der Waals surface area contributed by atoms with Gasteiger partial charge in [0.25, 0.3) is 6.43 Å². The molecular weight excluding hydrogens is 266 g/mol. The Bertz CT molecular complexity index is 507. The van der Waals surface area contributed by atoms with Gasteiger partial charge in [-0.05, 0) is 6.92 Å². The number of rotatable bonds is 5. The molecule has 104 valence electrons. The fourth-order valence-corrected chi connectivity index (χ4v) is 1.34. The van der Waals surface area contributed by atoms with Gasteiger partial charge in [0.2, 0.25) is 5.75 Å². The first-order valence-electron chi connectivity index (χ1n) is 5.10. The molecule has 0 spiro atoms. The third-order valence-corrected chi connectivity index (χ3v) is 2.07. The van der Waals surface area contributed by atoms with Crippen LogP contribution < -0.4 is 4.74 Å². The lowest BCUT2D eigenvalue weighted by atomic mass is 10.2. The van der Waals surface area contributed by atoms with Crippen LogP contribution in [0.5, 0.6) is 5.75 Å². The van der Waals surface area contributed by atoms with Gasteiger partial charge < -0.3 is 9.47 Å². The van der Waals surface area contributed by atoms with E-state index in [1.807, 2.05) is 0 Å². The molecule has 19 heavy (non-hydrogen) atoms. The van der Waals surface area contributed by atoms with Crippen LogP contribution in [0.4, 0.5) is 14.5 Å². The maximum Gasteiger partial charge on any atom is 0.357 e. The number of nitro groups is 1. The van der Waals surface area contributed by atoms with Gasteiger partial charge in [0.05, 0.1) is 24.7 Å². The number of esters is 1. The van der Waals surface area contributed by atoms with E-state index in [0.29, 0.717) is 0 Å². The van der Waals surface area contributed by atoms with E-state index in [2.05, 4.69) is 14.5 Å². The van der Waals surface area contributed by atoms with E-state index < -0.39 is 40.1 Å². The topological polar surface area (TPSA) is 91.6 Å². The average Bonchev–Trinajstić information content (AvgIpc) is 2.36. The Hall–Kier alpha value is -2.32.